The van der Waals surface area contributed by atoms with E-state index in [9.17, 15) is 4.79 Å². The minimum atomic E-state index is -1.97. The normalized spacial score (nSPS) is 18.1. The molecule has 0 aliphatic rings. The predicted molar refractivity (Wildman–Crippen MR) is 37.1 cm³/mol. The van der Waals surface area contributed by atoms with E-state index in [0.29, 0.717) is 0 Å². The highest BCUT2D eigenvalue weighted by atomic mass is 35.5. The highest BCUT2D eigenvalue weighted by Gasteiger charge is 2.31. The van der Waals surface area contributed by atoms with E-state index in [0.717, 1.165) is 0 Å². The van der Waals surface area contributed by atoms with Gasteiger partial charge in [-0.1, -0.05) is 0 Å². The Morgan fingerprint density at radius 2 is 1.92 bits per heavy atom. The van der Waals surface area contributed by atoms with Crippen molar-refractivity contribution in [2.75, 3.05) is 6.61 Å². The summed E-state index contributed by atoms with van der Waals surface area (Å²) in [5, 5.41) is 34.7. The van der Waals surface area contributed by atoms with Crippen LogP contribution in [0, 0.1) is 0 Å². The van der Waals surface area contributed by atoms with E-state index in [1.54, 1.807) is 0 Å². The average Bonchev–Trinajstić information content (AvgIpc) is 2.12. The minimum absolute atomic E-state index is 0.784. The molecule has 3 atom stereocenters. The molecule has 0 spiro atoms. The summed E-state index contributed by atoms with van der Waals surface area (Å²) < 4.78 is 3.56. The number of carbonyl (C=O) groups excluding carboxylic acids is 1. The molecule has 0 fully saturated rings. The van der Waals surface area contributed by atoms with Crippen LogP contribution in [0.5, 0.6) is 0 Å². The zero-order chi connectivity index (χ0) is 9.72. The summed E-state index contributed by atoms with van der Waals surface area (Å²) in [6, 6.07) is 0. The Morgan fingerprint density at radius 1 is 1.42 bits per heavy atom. The van der Waals surface area contributed by atoms with Crippen LogP contribution in [0.1, 0.15) is 0 Å². The first-order chi connectivity index (χ1) is 5.54. The van der Waals surface area contributed by atoms with Crippen LogP contribution in [0.3, 0.4) is 0 Å². The van der Waals surface area contributed by atoms with E-state index in [-0.39, 0.29) is 0 Å². The second kappa shape index (κ2) is 5.28. The third kappa shape index (κ3) is 2.92. The Balaban J connectivity index is 4.08. The summed E-state index contributed by atoms with van der Waals surface area (Å²) in [5.74, 6) is -1.29. The molecule has 0 aromatic carbocycles. The van der Waals surface area contributed by atoms with E-state index in [2.05, 4.69) is 16.2 Å². The standard InChI is InChI=1S/C5H9ClO6/c6-12-5(11)4(10)3(9)2(8)1-7/h2-4,7-10H,1H2/t2-,3-,4-/m1/s1. The van der Waals surface area contributed by atoms with Gasteiger partial charge in [-0.2, -0.15) is 0 Å². The number of rotatable bonds is 4. The van der Waals surface area contributed by atoms with Gasteiger partial charge in [-0.05, 0) is 0 Å². The fraction of sp³-hybridized carbons (Fsp3) is 0.800. The second-order valence-corrected chi connectivity index (χ2v) is 2.24. The van der Waals surface area contributed by atoms with Gasteiger partial charge in [0.15, 0.2) is 6.10 Å². The molecule has 0 rings (SSSR count). The van der Waals surface area contributed by atoms with Crippen LogP contribution < -0.4 is 0 Å². The topological polar surface area (TPSA) is 107 Å². The lowest BCUT2D eigenvalue weighted by atomic mass is 10.1. The van der Waals surface area contributed by atoms with Gasteiger partial charge < -0.3 is 24.7 Å². The van der Waals surface area contributed by atoms with Gasteiger partial charge in [0.05, 0.1) is 6.61 Å². The summed E-state index contributed by atoms with van der Waals surface area (Å²) in [6.07, 6.45) is -5.40. The molecule has 0 aliphatic heterocycles. The van der Waals surface area contributed by atoms with Crippen molar-refractivity contribution >= 4 is 17.8 Å². The van der Waals surface area contributed by atoms with Crippen LogP contribution in [0.15, 0.2) is 0 Å². The van der Waals surface area contributed by atoms with Gasteiger partial charge in [0, 0.05) is 0 Å². The number of hydrogen-bond donors (Lipinski definition) is 4. The molecule has 12 heavy (non-hydrogen) atoms. The van der Waals surface area contributed by atoms with Crippen molar-refractivity contribution in [3.8, 4) is 0 Å². The number of halogens is 1. The maximum absolute atomic E-state index is 10.4. The van der Waals surface area contributed by atoms with E-state index in [4.69, 9.17) is 20.4 Å². The molecular formula is C5H9ClO6. The third-order valence-corrected chi connectivity index (χ3v) is 1.37. The molecule has 0 amide bonds. The van der Waals surface area contributed by atoms with Crippen LogP contribution in [-0.2, 0) is 9.08 Å². The number of aliphatic hydroxyl groups is 4. The van der Waals surface area contributed by atoms with Gasteiger partial charge in [-0.3, -0.25) is 0 Å². The van der Waals surface area contributed by atoms with Crippen LogP contribution in [0.4, 0.5) is 0 Å². The Bertz CT molecular complexity index is 151. The fourth-order valence-electron chi connectivity index (χ4n) is 0.503. The van der Waals surface area contributed by atoms with Gasteiger partial charge in [0.1, 0.15) is 24.1 Å². The van der Waals surface area contributed by atoms with Gasteiger partial charge in [0.25, 0.3) is 0 Å². The molecule has 0 aromatic rings. The van der Waals surface area contributed by atoms with Crippen LogP contribution in [0.2, 0.25) is 0 Å². The lowest BCUT2D eigenvalue weighted by Crippen LogP contribution is -2.43. The molecule has 4 N–H and O–H groups in total. The molecular weight excluding hydrogens is 192 g/mol. The number of aliphatic hydroxyl groups excluding tert-OH is 4. The predicted octanol–water partition coefficient (Wildman–Crippen LogP) is -2.24. The quantitative estimate of drug-likeness (QED) is 0.409. The molecule has 0 radical (unpaired) electrons. The Hall–Kier alpha value is -0.400. The van der Waals surface area contributed by atoms with Crippen molar-refractivity contribution in [3.63, 3.8) is 0 Å². The van der Waals surface area contributed by atoms with Crippen molar-refractivity contribution in [1.82, 2.24) is 0 Å². The molecule has 0 bridgehead atoms. The van der Waals surface area contributed by atoms with E-state index >= 15 is 0 Å². The maximum Gasteiger partial charge on any atom is 0.355 e. The minimum Gasteiger partial charge on any atom is -0.394 e. The number of hydrogen-bond acceptors (Lipinski definition) is 6. The van der Waals surface area contributed by atoms with Crippen molar-refractivity contribution in [3.05, 3.63) is 0 Å². The summed E-state index contributed by atoms with van der Waals surface area (Å²) in [6.45, 7) is -0.784. The first-order valence-corrected chi connectivity index (χ1v) is 3.33. The largest absolute Gasteiger partial charge is 0.394 e. The molecule has 7 heteroatoms. The van der Waals surface area contributed by atoms with Crippen molar-refractivity contribution in [2.24, 2.45) is 0 Å². The molecule has 72 valence electrons. The summed E-state index contributed by atoms with van der Waals surface area (Å²) in [4.78, 5) is 10.4. The first-order valence-electron chi connectivity index (χ1n) is 3.02. The van der Waals surface area contributed by atoms with Gasteiger partial charge in [-0.25, -0.2) is 4.79 Å². The molecule has 0 unspecified atom stereocenters. The van der Waals surface area contributed by atoms with Gasteiger partial charge >= 0.3 is 5.97 Å². The molecule has 0 aliphatic carbocycles. The van der Waals surface area contributed by atoms with E-state index < -0.39 is 30.9 Å². The molecule has 0 aromatic heterocycles. The fourth-order valence-corrected chi connectivity index (χ4v) is 0.595. The van der Waals surface area contributed by atoms with Crippen molar-refractivity contribution in [2.45, 2.75) is 18.3 Å². The van der Waals surface area contributed by atoms with E-state index in [1.165, 1.54) is 0 Å². The van der Waals surface area contributed by atoms with Crippen LogP contribution >= 0.6 is 11.9 Å². The van der Waals surface area contributed by atoms with Crippen molar-refractivity contribution < 1.29 is 29.5 Å². The lowest BCUT2D eigenvalue weighted by molar-refractivity contribution is -0.156. The van der Waals surface area contributed by atoms with Crippen LogP contribution in [0.25, 0.3) is 0 Å². The monoisotopic (exact) mass is 200 g/mol. The smallest absolute Gasteiger partial charge is 0.355 e. The Kier molecular flexibility index (Phi) is 5.11. The SMILES string of the molecule is O=C(OCl)[C@H](O)[C@H](O)[C@H](O)CO. The van der Waals surface area contributed by atoms with E-state index in [1.807, 2.05) is 0 Å². The summed E-state index contributed by atoms with van der Waals surface area (Å²) in [7, 11) is 0. The summed E-state index contributed by atoms with van der Waals surface area (Å²) in [5.41, 5.74) is 0. The zero-order valence-electron chi connectivity index (χ0n) is 5.92. The Morgan fingerprint density at radius 3 is 2.25 bits per heavy atom. The Labute approximate surface area is 73.1 Å². The van der Waals surface area contributed by atoms with Crippen molar-refractivity contribution in [1.29, 1.82) is 0 Å². The highest BCUT2D eigenvalue weighted by molar-refractivity contribution is 6.13. The molecule has 0 saturated carbocycles. The molecule has 0 heterocycles. The summed E-state index contributed by atoms with van der Waals surface area (Å²) >= 11 is 4.57. The van der Waals surface area contributed by atoms with Crippen LogP contribution in [-0.4, -0.2) is 51.3 Å². The lowest BCUT2D eigenvalue weighted by Gasteiger charge is -2.18. The average molecular weight is 201 g/mol. The highest BCUT2D eigenvalue weighted by Crippen LogP contribution is 2.02. The molecule has 6 nitrogen and oxygen atoms in total. The second-order valence-electron chi connectivity index (χ2n) is 2.08. The van der Waals surface area contributed by atoms with Gasteiger partial charge in [0.2, 0.25) is 0 Å². The van der Waals surface area contributed by atoms with Gasteiger partial charge in [-0.15, -0.1) is 0 Å². The zero-order valence-corrected chi connectivity index (χ0v) is 6.68. The first kappa shape index (κ1) is 11.6. The molecule has 0 saturated heterocycles. The maximum atomic E-state index is 10.4. The third-order valence-electron chi connectivity index (χ3n) is 1.22. The number of carbonyl (C=O) groups is 1.